The van der Waals surface area contributed by atoms with Crippen LogP contribution in [-0.2, 0) is 20.4 Å². The first-order chi connectivity index (χ1) is 9.60. The van der Waals surface area contributed by atoms with E-state index in [1.165, 1.54) is 12.1 Å². The molecule has 21 heavy (non-hydrogen) atoms. The summed E-state index contributed by atoms with van der Waals surface area (Å²) in [6, 6.07) is 5.08. The minimum Gasteiger partial charge on any atom is -0.480 e. The van der Waals surface area contributed by atoms with Crippen molar-refractivity contribution in [3.05, 3.63) is 35.4 Å². The Morgan fingerprint density at radius 3 is 2.10 bits per heavy atom. The van der Waals surface area contributed by atoms with Crippen LogP contribution in [0.25, 0.3) is 0 Å². The molecule has 0 saturated heterocycles. The SMILES string of the molecule is CC(C)[C@@H](NC(=O)c1ccc(CS(C)(=O)=O)cc1)C(=O)O. The van der Waals surface area contributed by atoms with Gasteiger partial charge in [-0.05, 0) is 23.6 Å². The molecule has 6 nitrogen and oxygen atoms in total. The molecule has 0 radical (unpaired) electrons. The number of benzene rings is 1. The Hall–Kier alpha value is -1.89. The Morgan fingerprint density at radius 2 is 1.71 bits per heavy atom. The minimum atomic E-state index is -3.13. The molecule has 1 aromatic carbocycles. The van der Waals surface area contributed by atoms with Gasteiger partial charge in [-0.2, -0.15) is 0 Å². The zero-order chi connectivity index (χ0) is 16.2. The number of aliphatic carboxylic acids is 1. The number of nitrogens with one attached hydrogen (secondary N) is 1. The van der Waals surface area contributed by atoms with Gasteiger partial charge in [0.2, 0.25) is 0 Å². The standard InChI is InChI=1S/C14H19NO5S/c1-9(2)12(14(17)18)15-13(16)11-6-4-10(5-7-11)8-21(3,19)20/h4-7,9,12H,8H2,1-3H3,(H,15,16)(H,17,18)/t12-/m1/s1. The third-order valence-electron chi connectivity index (χ3n) is 2.86. The van der Waals surface area contributed by atoms with Crippen molar-refractivity contribution in [3.8, 4) is 0 Å². The predicted molar refractivity (Wildman–Crippen MR) is 78.7 cm³/mol. The van der Waals surface area contributed by atoms with Crippen LogP contribution in [0.4, 0.5) is 0 Å². The molecule has 0 heterocycles. The molecule has 116 valence electrons. The van der Waals surface area contributed by atoms with Crippen molar-refractivity contribution in [1.82, 2.24) is 5.32 Å². The van der Waals surface area contributed by atoms with Crippen LogP contribution in [0, 0.1) is 5.92 Å². The maximum Gasteiger partial charge on any atom is 0.326 e. The van der Waals surface area contributed by atoms with Gasteiger partial charge >= 0.3 is 5.97 Å². The van der Waals surface area contributed by atoms with E-state index >= 15 is 0 Å². The van der Waals surface area contributed by atoms with Gasteiger partial charge in [-0.3, -0.25) is 4.79 Å². The lowest BCUT2D eigenvalue weighted by molar-refractivity contribution is -0.140. The van der Waals surface area contributed by atoms with E-state index in [-0.39, 0.29) is 11.7 Å². The summed E-state index contributed by atoms with van der Waals surface area (Å²) in [6.07, 6.45) is 1.13. The van der Waals surface area contributed by atoms with Gasteiger partial charge in [0.1, 0.15) is 6.04 Å². The number of hydrogen-bond donors (Lipinski definition) is 2. The van der Waals surface area contributed by atoms with Gasteiger partial charge in [0.05, 0.1) is 5.75 Å². The van der Waals surface area contributed by atoms with Crippen molar-refractivity contribution in [2.24, 2.45) is 5.92 Å². The van der Waals surface area contributed by atoms with Crippen molar-refractivity contribution in [3.63, 3.8) is 0 Å². The van der Waals surface area contributed by atoms with Crippen LogP contribution in [-0.4, -0.2) is 37.7 Å². The number of amides is 1. The average molecular weight is 313 g/mol. The number of rotatable bonds is 6. The van der Waals surface area contributed by atoms with Gasteiger partial charge in [-0.15, -0.1) is 0 Å². The first kappa shape index (κ1) is 17.2. The van der Waals surface area contributed by atoms with E-state index in [0.29, 0.717) is 11.1 Å². The van der Waals surface area contributed by atoms with Crippen LogP contribution in [0.3, 0.4) is 0 Å². The molecule has 2 N–H and O–H groups in total. The second-order valence-corrected chi connectivity index (χ2v) is 7.44. The van der Waals surface area contributed by atoms with Crippen molar-refractivity contribution < 1.29 is 23.1 Å². The largest absolute Gasteiger partial charge is 0.480 e. The van der Waals surface area contributed by atoms with Crippen molar-refractivity contribution in [2.75, 3.05) is 6.26 Å². The Morgan fingerprint density at radius 1 is 1.19 bits per heavy atom. The summed E-state index contributed by atoms with van der Waals surface area (Å²) in [4.78, 5) is 23.0. The van der Waals surface area contributed by atoms with E-state index in [1.807, 2.05) is 0 Å². The molecule has 0 aliphatic rings. The minimum absolute atomic E-state index is 0.0986. The number of carbonyl (C=O) groups is 2. The van der Waals surface area contributed by atoms with E-state index < -0.39 is 27.8 Å². The van der Waals surface area contributed by atoms with E-state index in [1.54, 1.807) is 26.0 Å². The van der Waals surface area contributed by atoms with Crippen LogP contribution < -0.4 is 5.32 Å². The molecule has 1 atom stereocenters. The number of hydrogen-bond acceptors (Lipinski definition) is 4. The monoisotopic (exact) mass is 313 g/mol. The molecule has 0 aliphatic heterocycles. The summed E-state index contributed by atoms with van der Waals surface area (Å²) >= 11 is 0. The summed E-state index contributed by atoms with van der Waals surface area (Å²) in [5.41, 5.74) is 0.867. The molecule has 0 unspecified atom stereocenters. The Bertz CT molecular complexity index is 619. The lowest BCUT2D eigenvalue weighted by Gasteiger charge is -2.17. The molecule has 1 amide bonds. The van der Waals surface area contributed by atoms with E-state index in [2.05, 4.69) is 5.32 Å². The molecular formula is C14H19NO5S. The highest BCUT2D eigenvalue weighted by molar-refractivity contribution is 7.89. The fourth-order valence-electron chi connectivity index (χ4n) is 1.79. The van der Waals surface area contributed by atoms with Crippen LogP contribution >= 0.6 is 0 Å². The summed E-state index contributed by atoms with van der Waals surface area (Å²) in [6.45, 7) is 3.41. The summed E-state index contributed by atoms with van der Waals surface area (Å²) in [7, 11) is -3.13. The van der Waals surface area contributed by atoms with Crippen molar-refractivity contribution in [2.45, 2.75) is 25.6 Å². The smallest absolute Gasteiger partial charge is 0.326 e. The Kier molecular flexibility index (Phi) is 5.48. The fraction of sp³-hybridized carbons (Fsp3) is 0.429. The molecule has 0 bridgehead atoms. The Balaban J connectivity index is 2.82. The second-order valence-electron chi connectivity index (χ2n) is 5.30. The van der Waals surface area contributed by atoms with Crippen molar-refractivity contribution in [1.29, 1.82) is 0 Å². The molecule has 7 heteroatoms. The third-order valence-corrected chi connectivity index (χ3v) is 3.72. The van der Waals surface area contributed by atoms with Gasteiger partial charge in [0.25, 0.3) is 5.91 Å². The summed E-state index contributed by atoms with van der Waals surface area (Å²) < 4.78 is 22.3. The fourth-order valence-corrected chi connectivity index (χ4v) is 2.59. The predicted octanol–water partition coefficient (Wildman–Crippen LogP) is 1.07. The highest BCUT2D eigenvalue weighted by Crippen LogP contribution is 2.09. The maximum absolute atomic E-state index is 12.0. The molecule has 0 aliphatic carbocycles. The van der Waals surface area contributed by atoms with Gasteiger partial charge in [0, 0.05) is 11.8 Å². The number of sulfone groups is 1. The molecule has 0 saturated carbocycles. The van der Waals surface area contributed by atoms with E-state index in [9.17, 15) is 18.0 Å². The van der Waals surface area contributed by atoms with Crippen molar-refractivity contribution >= 4 is 21.7 Å². The van der Waals surface area contributed by atoms with Gasteiger partial charge in [-0.1, -0.05) is 26.0 Å². The topological polar surface area (TPSA) is 101 Å². The zero-order valence-electron chi connectivity index (χ0n) is 12.2. The summed E-state index contributed by atoms with van der Waals surface area (Å²) in [5.74, 6) is -1.93. The molecular weight excluding hydrogens is 294 g/mol. The van der Waals surface area contributed by atoms with Crippen LogP contribution in [0.5, 0.6) is 0 Å². The first-order valence-corrected chi connectivity index (χ1v) is 8.46. The van der Waals surface area contributed by atoms with E-state index in [0.717, 1.165) is 6.26 Å². The molecule has 0 aromatic heterocycles. The van der Waals surface area contributed by atoms with Gasteiger partial charge in [-0.25, -0.2) is 13.2 Å². The molecule has 1 rings (SSSR count). The van der Waals surface area contributed by atoms with Gasteiger partial charge < -0.3 is 10.4 Å². The normalized spacial score (nSPS) is 13.0. The number of carbonyl (C=O) groups excluding carboxylic acids is 1. The molecule has 0 spiro atoms. The number of carboxylic acids is 1. The number of carboxylic acid groups (broad SMARTS) is 1. The zero-order valence-corrected chi connectivity index (χ0v) is 13.0. The highest BCUT2D eigenvalue weighted by atomic mass is 32.2. The molecule has 1 aromatic rings. The van der Waals surface area contributed by atoms with Crippen LogP contribution in [0.1, 0.15) is 29.8 Å². The second kappa shape index (κ2) is 6.71. The third kappa shape index (κ3) is 5.55. The highest BCUT2D eigenvalue weighted by Gasteiger charge is 2.23. The van der Waals surface area contributed by atoms with Gasteiger partial charge in [0.15, 0.2) is 9.84 Å². The lowest BCUT2D eigenvalue weighted by atomic mass is 10.0. The van der Waals surface area contributed by atoms with Crippen LogP contribution in [0.2, 0.25) is 0 Å². The Labute approximate surface area is 124 Å². The maximum atomic E-state index is 12.0. The molecule has 0 fully saturated rings. The quantitative estimate of drug-likeness (QED) is 0.818. The first-order valence-electron chi connectivity index (χ1n) is 6.40. The van der Waals surface area contributed by atoms with E-state index in [4.69, 9.17) is 5.11 Å². The summed E-state index contributed by atoms with van der Waals surface area (Å²) in [5, 5.41) is 11.5. The lowest BCUT2D eigenvalue weighted by Crippen LogP contribution is -2.44. The average Bonchev–Trinajstić information content (AvgIpc) is 2.33. The van der Waals surface area contributed by atoms with Crippen LogP contribution in [0.15, 0.2) is 24.3 Å².